The predicted octanol–water partition coefficient (Wildman–Crippen LogP) is 2.09. The first-order chi connectivity index (χ1) is 7.77. The largest absolute Gasteiger partial charge is 0.481 e. The topological polar surface area (TPSA) is 66.0 Å². The Morgan fingerprint density at radius 2 is 2.06 bits per heavy atom. The lowest BCUT2D eigenvalue weighted by Gasteiger charge is -2.01. The Morgan fingerprint density at radius 1 is 1.31 bits per heavy atom. The van der Waals surface area contributed by atoms with Gasteiger partial charge in [-0.2, -0.15) is 5.10 Å². The molecule has 0 atom stereocenters. The number of nitrogens with one attached hydrogen (secondary N) is 1. The first-order valence-electron chi connectivity index (χ1n) is 5.07. The van der Waals surface area contributed by atoms with Crippen LogP contribution in [-0.4, -0.2) is 21.3 Å². The van der Waals surface area contributed by atoms with Crippen molar-refractivity contribution < 1.29 is 9.90 Å². The molecule has 0 radical (unpaired) electrons. The third-order valence-electron chi connectivity index (χ3n) is 2.39. The van der Waals surface area contributed by atoms with Crippen molar-refractivity contribution in [2.45, 2.75) is 12.8 Å². The van der Waals surface area contributed by atoms with Gasteiger partial charge in [0.2, 0.25) is 0 Å². The van der Waals surface area contributed by atoms with E-state index in [1.165, 1.54) is 0 Å². The number of carboxylic acids is 1. The summed E-state index contributed by atoms with van der Waals surface area (Å²) in [7, 11) is 0. The first kappa shape index (κ1) is 10.4. The van der Waals surface area contributed by atoms with Gasteiger partial charge in [-0.1, -0.05) is 30.3 Å². The highest BCUT2D eigenvalue weighted by molar-refractivity contribution is 5.69. The van der Waals surface area contributed by atoms with Crippen LogP contribution in [0.1, 0.15) is 12.1 Å². The maximum atomic E-state index is 10.5. The number of hydrogen-bond acceptors (Lipinski definition) is 2. The van der Waals surface area contributed by atoms with Crippen LogP contribution in [-0.2, 0) is 11.2 Å². The van der Waals surface area contributed by atoms with Gasteiger partial charge in [-0.15, -0.1) is 0 Å². The molecule has 0 fully saturated rings. The molecule has 0 aliphatic heterocycles. The summed E-state index contributed by atoms with van der Waals surface area (Å²) >= 11 is 0. The molecule has 82 valence electrons. The number of carboxylic acid groups (broad SMARTS) is 1. The quantitative estimate of drug-likeness (QED) is 0.822. The number of carbonyl (C=O) groups is 1. The van der Waals surface area contributed by atoms with Crippen molar-refractivity contribution in [1.82, 2.24) is 10.2 Å². The van der Waals surface area contributed by atoms with Crippen LogP contribution in [0.25, 0.3) is 11.1 Å². The minimum Gasteiger partial charge on any atom is -0.481 e. The van der Waals surface area contributed by atoms with Crippen molar-refractivity contribution in [3.05, 3.63) is 42.2 Å². The van der Waals surface area contributed by atoms with Gasteiger partial charge < -0.3 is 5.11 Å². The molecule has 1 aromatic carbocycles. The van der Waals surface area contributed by atoms with E-state index >= 15 is 0 Å². The summed E-state index contributed by atoms with van der Waals surface area (Å²) in [5.41, 5.74) is 2.90. The van der Waals surface area contributed by atoms with Crippen molar-refractivity contribution in [3.63, 3.8) is 0 Å². The highest BCUT2D eigenvalue weighted by Crippen LogP contribution is 2.22. The fourth-order valence-electron chi connectivity index (χ4n) is 1.60. The molecule has 0 bridgehead atoms. The maximum Gasteiger partial charge on any atom is 0.303 e. The van der Waals surface area contributed by atoms with Crippen molar-refractivity contribution in [2.75, 3.05) is 0 Å². The monoisotopic (exact) mass is 216 g/mol. The molecule has 0 unspecified atom stereocenters. The zero-order valence-corrected chi connectivity index (χ0v) is 8.68. The lowest BCUT2D eigenvalue weighted by molar-refractivity contribution is -0.136. The molecular formula is C12H12N2O2. The standard InChI is InChI=1S/C12H12N2O2/c15-12(16)7-6-11-10(8-13-14-11)9-4-2-1-3-5-9/h1-5,8H,6-7H2,(H,13,14)(H,15,16). The number of rotatable bonds is 4. The van der Waals surface area contributed by atoms with E-state index in [1.54, 1.807) is 6.20 Å². The summed E-state index contributed by atoms with van der Waals surface area (Å²) in [6, 6.07) is 9.80. The van der Waals surface area contributed by atoms with Gasteiger partial charge in [-0.05, 0) is 5.56 Å². The zero-order valence-electron chi connectivity index (χ0n) is 8.68. The number of H-pyrrole nitrogens is 1. The van der Waals surface area contributed by atoms with E-state index in [4.69, 9.17) is 5.11 Å². The highest BCUT2D eigenvalue weighted by Gasteiger charge is 2.08. The summed E-state index contributed by atoms with van der Waals surface area (Å²) in [5.74, 6) is -0.798. The van der Waals surface area contributed by atoms with E-state index in [-0.39, 0.29) is 6.42 Å². The van der Waals surface area contributed by atoms with Crippen molar-refractivity contribution >= 4 is 5.97 Å². The van der Waals surface area contributed by atoms with Gasteiger partial charge >= 0.3 is 5.97 Å². The summed E-state index contributed by atoms with van der Waals surface area (Å²) < 4.78 is 0. The summed E-state index contributed by atoms with van der Waals surface area (Å²) in [6.07, 6.45) is 2.31. The fourth-order valence-corrected chi connectivity index (χ4v) is 1.60. The predicted molar refractivity (Wildman–Crippen MR) is 60.0 cm³/mol. The van der Waals surface area contributed by atoms with E-state index in [0.29, 0.717) is 6.42 Å². The molecule has 4 heteroatoms. The summed E-state index contributed by atoms with van der Waals surface area (Å²) in [4.78, 5) is 10.5. The van der Waals surface area contributed by atoms with E-state index in [2.05, 4.69) is 10.2 Å². The molecule has 4 nitrogen and oxygen atoms in total. The second kappa shape index (κ2) is 4.61. The summed E-state index contributed by atoms with van der Waals surface area (Å²) in [6.45, 7) is 0. The Hall–Kier alpha value is -2.10. The Morgan fingerprint density at radius 3 is 2.75 bits per heavy atom. The number of aliphatic carboxylic acids is 1. The minimum absolute atomic E-state index is 0.113. The Bertz CT molecular complexity index is 477. The van der Waals surface area contributed by atoms with Crippen molar-refractivity contribution in [2.24, 2.45) is 0 Å². The van der Waals surface area contributed by atoms with E-state index in [9.17, 15) is 4.79 Å². The number of aromatic amines is 1. The van der Waals surface area contributed by atoms with E-state index < -0.39 is 5.97 Å². The Kier molecular flexibility index (Phi) is 3.00. The highest BCUT2D eigenvalue weighted by atomic mass is 16.4. The average molecular weight is 216 g/mol. The molecule has 2 N–H and O–H groups in total. The van der Waals surface area contributed by atoms with Gasteiger partial charge in [-0.25, -0.2) is 0 Å². The normalized spacial score (nSPS) is 10.2. The lowest BCUT2D eigenvalue weighted by Crippen LogP contribution is -1.98. The molecule has 2 rings (SSSR count). The van der Waals surface area contributed by atoms with E-state index in [0.717, 1.165) is 16.8 Å². The van der Waals surface area contributed by atoms with Crippen LogP contribution in [0.15, 0.2) is 36.5 Å². The van der Waals surface area contributed by atoms with Gasteiger partial charge in [0.05, 0.1) is 12.6 Å². The van der Waals surface area contributed by atoms with Gasteiger partial charge in [0.1, 0.15) is 0 Å². The minimum atomic E-state index is -0.798. The van der Waals surface area contributed by atoms with Crippen LogP contribution in [0.4, 0.5) is 0 Å². The summed E-state index contributed by atoms with van der Waals surface area (Å²) in [5, 5.41) is 15.4. The molecule has 2 aromatic rings. The number of benzene rings is 1. The van der Waals surface area contributed by atoms with E-state index in [1.807, 2.05) is 30.3 Å². The number of hydrogen-bond donors (Lipinski definition) is 2. The van der Waals surface area contributed by atoms with Crippen molar-refractivity contribution in [1.29, 1.82) is 0 Å². The average Bonchev–Trinajstić information content (AvgIpc) is 2.75. The first-order valence-corrected chi connectivity index (χ1v) is 5.07. The van der Waals surface area contributed by atoms with Crippen LogP contribution < -0.4 is 0 Å². The molecule has 1 aromatic heterocycles. The molecular weight excluding hydrogens is 204 g/mol. The van der Waals surface area contributed by atoms with Crippen LogP contribution in [0.2, 0.25) is 0 Å². The molecule has 1 heterocycles. The van der Waals surface area contributed by atoms with Crippen LogP contribution in [0, 0.1) is 0 Å². The van der Waals surface area contributed by atoms with Gasteiger partial charge in [0, 0.05) is 17.7 Å². The third kappa shape index (κ3) is 2.28. The third-order valence-corrected chi connectivity index (χ3v) is 2.39. The van der Waals surface area contributed by atoms with Gasteiger partial charge in [0.15, 0.2) is 0 Å². The Labute approximate surface area is 92.9 Å². The van der Waals surface area contributed by atoms with Crippen LogP contribution >= 0.6 is 0 Å². The Balaban J connectivity index is 2.23. The van der Waals surface area contributed by atoms with Gasteiger partial charge in [0.25, 0.3) is 0 Å². The van der Waals surface area contributed by atoms with Crippen molar-refractivity contribution in [3.8, 4) is 11.1 Å². The molecule has 0 amide bonds. The second-order valence-electron chi connectivity index (χ2n) is 3.52. The number of nitrogens with zero attached hydrogens (tertiary/aromatic N) is 1. The SMILES string of the molecule is O=C(O)CCc1[nH]ncc1-c1ccccc1. The number of aromatic nitrogens is 2. The molecule has 0 spiro atoms. The fraction of sp³-hybridized carbons (Fsp3) is 0.167. The molecule has 16 heavy (non-hydrogen) atoms. The van der Waals surface area contributed by atoms with Crippen LogP contribution in [0.3, 0.4) is 0 Å². The smallest absolute Gasteiger partial charge is 0.303 e. The molecule has 0 aliphatic carbocycles. The number of aryl methyl sites for hydroxylation is 1. The molecule has 0 aliphatic rings. The van der Waals surface area contributed by atoms with Crippen LogP contribution in [0.5, 0.6) is 0 Å². The maximum absolute atomic E-state index is 10.5. The second-order valence-corrected chi connectivity index (χ2v) is 3.52. The molecule has 0 saturated carbocycles. The lowest BCUT2D eigenvalue weighted by atomic mass is 10.0. The molecule has 0 saturated heterocycles. The van der Waals surface area contributed by atoms with Gasteiger partial charge in [-0.3, -0.25) is 9.89 Å². The zero-order chi connectivity index (χ0) is 11.4.